The Hall–Kier alpha value is -2.74. The third kappa shape index (κ3) is 3.67. The molecule has 0 aromatic heterocycles. The molecule has 0 aliphatic carbocycles. The fraction of sp³-hybridized carbons (Fsp3) is 0.286. The van der Waals surface area contributed by atoms with E-state index in [4.69, 9.17) is 0 Å². The van der Waals surface area contributed by atoms with Crippen LogP contribution in [-0.2, 0) is 9.63 Å². The lowest BCUT2D eigenvalue weighted by molar-refractivity contribution is -0.384. The van der Waals surface area contributed by atoms with Crippen molar-refractivity contribution in [3.8, 4) is 0 Å². The van der Waals surface area contributed by atoms with Gasteiger partial charge >= 0.3 is 5.97 Å². The van der Waals surface area contributed by atoms with E-state index in [9.17, 15) is 14.9 Å². The zero-order valence-electron chi connectivity index (χ0n) is 12.3. The predicted octanol–water partition coefficient (Wildman–Crippen LogP) is 0.891. The smallest absolute Gasteiger partial charge is 0.369 e. The SMILES string of the molecule is CN(C)CCNC=C1C(=O)ON=C1c1cccc([N+](=O)[O-])c1. The summed E-state index contributed by atoms with van der Waals surface area (Å²) in [7, 11) is 3.88. The average molecular weight is 304 g/mol. The highest BCUT2D eigenvalue weighted by Crippen LogP contribution is 2.21. The van der Waals surface area contributed by atoms with E-state index in [1.54, 1.807) is 6.07 Å². The number of benzene rings is 1. The molecule has 0 fully saturated rings. The highest BCUT2D eigenvalue weighted by Gasteiger charge is 2.27. The Labute approximate surface area is 127 Å². The van der Waals surface area contributed by atoms with Gasteiger partial charge in [-0.3, -0.25) is 10.1 Å². The van der Waals surface area contributed by atoms with E-state index in [0.717, 1.165) is 6.54 Å². The van der Waals surface area contributed by atoms with E-state index in [2.05, 4.69) is 15.3 Å². The molecule has 0 radical (unpaired) electrons. The Balaban J connectivity index is 2.18. The van der Waals surface area contributed by atoms with Gasteiger partial charge < -0.3 is 15.1 Å². The largest absolute Gasteiger partial charge is 0.389 e. The van der Waals surface area contributed by atoms with Gasteiger partial charge in [0, 0.05) is 37.0 Å². The van der Waals surface area contributed by atoms with Crippen LogP contribution in [-0.4, -0.2) is 48.7 Å². The molecule has 1 aromatic rings. The fourth-order valence-corrected chi connectivity index (χ4v) is 1.85. The van der Waals surface area contributed by atoms with Gasteiger partial charge in [0.1, 0.15) is 11.3 Å². The Bertz CT molecular complexity index is 652. The number of nitrogens with one attached hydrogen (secondary N) is 1. The first-order valence-electron chi connectivity index (χ1n) is 6.62. The second-order valence-electron chi connectivity index (χ2n) is 4.94. The minimum atomic E-state index is -0.584. The van der Waals surface area contributed by atoms with Crippen LogP contribution in [0.3, 0.4) is 0 Å². The van der Waals surface area contributed by atoms with Gasteiger partial charge in [0.2, 0.25) is 0 Å². The number of oxime groups is 1. The summed E-state index contributed by atoms with van der Waals surface area (Å²) < 4.78 is 0. The normalized spacial score (nSPS) is 15.9. The van der Waals surface area contributed by atoms with Crippen molar-refractivity contribution in [1.82, 2.24) is 10.2 Å². The number of rotatable bonds is 6. The summed E-state index contributed by atoms with van der Waals surface area (Å²) in [6.07, 6.45) is 1.52. The maximum Gasteiger partial charge on any atom is 0.369 e. The van der Waals surface area contributed by atoms with Crippen molar-refractivity contribution in [3.63, 3.8) is 0 Å². The molecule has 1 heterocycles. The number of nitrogens with zero attached hydrogens (tertiary/aromatic N) is 3. The van der Waals surface area contributed by atoms with E-state index in [1.807, 2.05) is 19.0 Å². The third-order valence-electron chi connectivity index (χ3n) is 2.98. The second kappa shape index (κ2) is 6.81. The first-order chi connectivity index (χ1) is 10.5. The van der Waals surface area contributed by atoms with Crippen LogP contribution in [0.25, 0.3) is 0 Å². The minimum Gasteiger partial charge on any atom is -0.389 e. The van der Waals surface area contributed by atoms with Crippen molar-refractivity contribution in [2.75, 3.05) is 27.2 Å². The van der Waals surface area contributed by atoms with E-state index >= 15 is 0 Å². The highest BCUT2D eigenvalue weighted by atomic mass is 16.7. The van der Waals surface area contributed by atoms with Crippen molar-refractivity contribution in [1.29, 1.82) is 0 Å². The maximum absolute atomic E-state index is 11.7. The first-order valence-corrected chi connectivity index (χ1v) is 6.62. The fourth-order valence-electron chi connectivity index (χ4n) is 1.85. The van der Waals surface area contributed by atoms with Crippen LogP contribution in [0.1, 0.15) is 5.56 Å². The molecule has 1 aliphatic heterocycles. The molecular weight excluding hydrogens is 288 g/mol. The number of likely N-dealkylation sites (N-methyl/N-ethyl adjacent to an activating group) is 1. The van der Waals surface area contributed by atoms with Crippen LogP contribution in [0.2, 0.25) is 0 Å². The van der Waals surface area contributed by atoms with Crippen LogP contribution in [0.4, 0.5) is 5.69 Å². The first kappa shape index (κ1) is 15.6. The van der Waals surface area contributed by atoms with Gasteiger partial charge in [0.25, 0.3) is 5.69 Å². The molecule has 0 unspecified atom stereocenters. The second-order valence-corrected chi connectivity index (χ2v) is 4.94. The summed E-state index contributed by atoms with van der Waals surface area (Å²) in [4.78, 5) is 28.7. The van der Waals surface area contributed by atoms with E-state index in [1.165, 1.54) is 24.4 Å². The Morgan fingerprint density at radius 1 is 1.45 bits per heavy atom. The number of non-ortho nitro benzene ring substituents is 1. The molecule has 0 saturated carbocycles. The molecule has 1 aromatic carbocycles. The summed E-state index contributed by atoms with van der Waals surface area (Å²) in [6, 6.07) is 5.91. The lowest BCUT2D eigenvalue weighted by Crippen LogP contribution is -2.24. The van der Waals surface area contributed by atoms with Crippen LogP contribution < -0.4 is 5.32 Å². The molecule has 0 amide bonds. The van der Waals surface area contributed by atoms with Crippen LogP contribution in [0.5, 0.6) is 0 Å². The molecule has 0 bridgehead atoms. The van der Waals surface area contributed by atoms with Gasteiger partial charge in [-0.25, -0.2) is 4.79 Å². The molecule has 0 spiro atoms. The number of nitro benzene ring substituents is 1. The van der Waals surface area contributed by atoms with Crippen molar-refractivity contribution in [3.05, 3.63) is 51.7 Å². The quantitative estimate of drug-likeness (QED) is 0.276. The summed E-state index contributed by atoms with van der Waals surface area (Å²) in [5.74, 6) is -0.584. The predicted molar refractivity (Wildman–Crippen MR) is 80.4 cm³/mol. The van der Waals surface area contributed by atoms with Gasteiger partial charge in [-0.05, 0) is 14.1 Å². The number of nitro groups is 1. The molecule has 8 heteroatoms. The van der Waals surface area contributed by atoms with Crippen LogP contribution in [0.15, 0.2) is 41.2 Å². The van der Waals surface area contributed by atoms with Gasteiger partial charge in [-0.1, -0.05) is 17.3 Å². The third-order valence-corrected chi connectivity index (χ3v) is 2.98. The lowest BCUT2D eigenvalue weighted by Gasteiger charge is -2.09. The van der Waals surface area contributed by atoms with Crippen LogP contribution >= 0.6 is 0 Å². The van der Waals surface area contributed by atoms with E-state index in [-0.39, 0.29) is 17.0 Å². The highest BCUT2D eigenvalue weighted by molar-refractivity contribution is 6.28. The van der Waals surface area contributed by atoms with Crippen molar-refractivity contribution < 1.29 is 14.6 Å². The van der Waals surface area contributed by atoms with Gasteiger partial charge in [0.15, 0.2) is 0 Å². The summed E-state index contributed by atoms with van der Waals surface area (Å²) in [5, 5.41) is 17.5. The monoisotopic (exact) mass is 304 g/mol. The summed E-state index contributed by atoms with van der Waals surface area (Å²) in [6.45, 7) is 1.44. The van der Waals surface area contributed by atoms with Crippen molar-refractivity contribution in [2.24, 2.45) is 5.16 Å². The molecule has 2 rings (SSSR count). The topological polar surface area (TPSA) is 97.1 Å². The van der Waals surface area contributed by atoms with Gasteiger partial charge in [0.05, 0.1) is 4.92 Å². The van der Waals surface area contributed by atoms with Gasteiger partial charge in [-0.15, -0.1) is 0 Å². The zero-order valence-corrected chi connectivity index (χ0v) is 12.3. The summed E-state index contributed by atoms with van der Waals surface area (Å²) in [5.41, 5.74) is 0.922. The Kier molecular flexibility index (Phi) is 4.84. The lowest BCUT2D eigenvalue weighted by atomic mass is 10.0. The average Bonchev–Trinajstić information content (AvgIpc) is 2.85. The standard InChI is InChI=1S/C14H16N4O4/c1-17(2)7-6-15-9-12-13(16-22-14(12)19)10-4-3-5-11(8-10)18(20)21/h3-5,8-9,15H,6-7H2,1-2H3. The molecule has 1 N–H and O–H groups in total. The number of hydrogen-bond donors (Lipinski definition) is 1. The molecule has 1 aliphatic rings. The van der Waals surface area contributed by atoms with E-state index in [0.29, 0.717) is 12.1 Å². The maximum atomic E-state index is 11.7. The molecule has 8 nitrogen and oxygen atoms in total. The number of hydrogen-bond acceptors (Lipinski definition) is 7. The van der Waals surface area contributed by atoms with E-state index < -0.39 is 10.9 Å². The molecule has 0 saturated heterocycles. The van der Waals surface area contributed by atoms with Crippen LogP contribution in [0, 0.1) is 10.1 Å². The Morgan fingerprint density at radius 3 is 2.91 bits per heavy atom. The Morgan fingerprint density at radius 2 is 2.23 bits per heavy atom. The molecule has 22 heavy (non-hydrogen) atoms. The van der Waals surface area contributed by atoms with Crippen molar-refractivity contribution in [2.45, 2.75) is 0 Å². The van der Waals surface area contributed by atoms with Gasteiger partial charge in [-0.2, -0.15) is 0 Å². The van der Waals surface area contributed by atoms with Crippen molar-refractivity contribution >= 4 is 17.4 Å². The summed E-state index contributed by atoms with van der Waals surface area (Å²) >= 11 is 0. The molecule has 0 atom stereocenters. The number of carbonyl (C=O) groups is 1. The molecule has 116 valence electrons. The minimum absolute atomic E-state index is 0.0699. The molecular formula is C14H16N4O4. The zero-order chi connectivity index (χ0) is 16.1. The number of carbonyl (C=O) groups excluding carboxylic acids is 1.